The predicted molar refractivity (Wildman–Crippen MR) is 132 cm³/mol. The lowest BCUT2D eigenvalue weighted by molar-refractivity contribution is -0.666. The normalized spacial score (nSPS) is 16.4. The Balaban J connectivity index is 1.75. The van der Waals surface area contributed by atoms with E-state index in [1.807, 2.05) is 49.4 Å². The van der Waals surface area contributed by atoms with Crippen LogP contribution in [0.1, 0.15) is 18.9 Å². The van der Waals surface area contributed by atoms with Crippen LogP contribution in [-0.2, 0) is 21.5 Å². The summed E-state index contributed by atoms with van der Waals surface area (Å²) in [5.74, 6) is -1.59. The highest BCUT2D eigenvalue weighted by Crippen LogP contribution is 2.45. The molecule has 0 fully saturated rings. The fourth-order valence-electron chi connectivity index (χ4n) is 3.73. The van der Waals surface area contributed by atoms with Crippen molar-refractivity contribution < 1.29 is 27.4 Å². The highest BCUT2D eigenvalue weighted by molar-refractivity contribution is 8.03. The number of nitrogens with zero attached hydrogens (tertiary/aromatic N) is 2. The van der Waals surface area contributed by atoms with Crippen molar-refractivity contribution in [3.05, 3.63) is 70.2 Å². The Morgan fingerprint density at radius 3 is 2.58 bits per heavy atom. The Labute approximate surface area is 200 Å². The third-order valence-corrected chi connectivity index (χ3v) is 8.57. The average Bonchev–Trinajstić information content (AvgIpc) is 3.27. The maximum atomic E-state index is 11.7. The highest BCUT2D eigenvalue weighted by atomic mass is 32.2. The second-order valence-corrected chi connectivity index (χ2v) is 11.3. The molecule has 2 heterocycles. The van der Waals surface area contributed by atoms with Crippen molar-refractivity contribution in [1.82, 2.24) is 0 Å². The van der Waals surface area contributed by atoms with Crippen LogP contribution in [0, 0.1) is 0 Å². The second-order valence-electron chi connectivity index (χ2n) is 7.55. The van der Waals surface area contributed by atoms with E-state index in [0.29, 0.717) is 10.5 Å². The van der Waals surface area contributed by atoms with Gasteiger partial charge in [-0.25, -0.2) is 0 Å². The van der Waals surface area contributed by atoms with E-state index in [0.717, 1.165) is 21.8 Å². The number of anilines is 1. The standard InChI is InChI=1S/C23H22N2O5S3/c1-3-24-16-8-4-6-10-18(16)31-21(24)12-15(2)13-22-25(14-20(23(26)27)33(28,29)30)17-9-5-7-11-19(17)32-22/h4-13,20H,3,14H2,1-2H3,(H-,26,27,28,29,30)/p+1. The summed E-state index contributed by atoms with van der Waals surface area (Å²) in [6, 6.07) is 15.6. The van der Waals surface area contributed by atoms with E-state index in [-0.39, 0.29) is 0 Å². The molecule has 0 spiro atoms. The van der Waals surface area contributed by atoms with Crippen LogP contribution in [0.4, 0.5) is 5.69 Å². The fourth-order valence-corrected chi connectivity index (χ4v) is 6.74. The average molecular weight is 504 g/mol. The van der Waals surface area contributed by atoms with Crippen LogP contribution in [0.3, 0.4) is 0 Å². The number of aromatic nitrogens is 1. The predicted octanol–water partition coefficient (Wildman–Crippen LogP) is 4.41. The van der Waals surface area contributed by atoms with Gasteiger partial charge in [0, 0.05) is 23.6 Å². The maximum Gasteiger partial charge on any atom is 0.331 e. The first-order chi connectivity index (χ1) is 15.7. The van der Waals surface area contributed by atoms with E-state index in [4.69, 9.17) is 0 Å². The first-order valence-corrected chi connectivity index (χ1v) is 13.4. The zero-order valence-corrected chi connectivity index (χ0v) is 20.5. The number of hydrogen-bond acceptors (Lipinski definition) is 6. The molecule has 4 rings (SSSR count). The molecule has 3 aromatic rings. The van der Waals surface area contributed by atoms with Crippen molar-refractivity contribution in [2.45, 2.75) is 30.5 Å². The number of carboxylic acid groups (broad SMARTS) is 1. The quantitative estimate of drug-likeness (QED) is 0.364. The highest BCUT2D eigenvalue weighted by Gasteiger charge is 2.37. The summed E-state index contributed by atoms with van der Waals surface area (Å²) in [4.78, 5) is 15.0. The lowest BCUT2D eigenvalue weighted by Crippen LogP contribution is -2.47. The molecule has 1 aromatic heterocycles. The number of aliphatic carboxylic acids is 1. The minimum Gasteiger partial charge on any atom is -0.480 e. The number of benzene rings is 2. The molecule has 33 heavy (non-hydrogen) atoms. The number of hydrogen-bond donors (Lipinski definition) is 2. The molecule has 172 valence electrons. The lowest BCUT2D eigenvalue weighted by atomic mass is 10.2. The van der Waals surface area contributed by atoms with Crippen LogP contribution < -0.4 is 9.47 Å². The van der Waals surface area contributed by atoms with Crippen LogP contribution >= 0.6 is 23.1 Å². The summed E-state index contributed by atoms with van der Waals surface area (Å²) < 4.78 is 35.4. The number of thiazole rings is 1. The summed E-state index contributed by atoms with van der Waals surface area (Å²) in [5, 5.41) is 9.23. The van der Waals surface area contributed by atoms with E-state index >= 15 is 0 Å². The van der Waals surface area contributed by atoms with Crippen LogP contribution in [-0.4, -0.2) is 35.8 Å². The molecule has 0 saturated heterocycles. The van der Waals surface area contributed by atoms with Crippen molar-refractivity contribution in [2.75, 3.05) is 11.4 Å². The monoisotopic (exact) mass is 503 g/mol. The van der Waals surface area contributed by atoms with Gasteiger partial charge in [-0.3, -0.25) is 9.35 Å². The summed E-state index contributed by atoms with van der Waals surface area (Å²) in [5.41, 5.74) is 2.81. The molecular weight excluding hydrogens is 480 g/mol. The zero-order chi connectivity index (χ0) is 23.8. The van der Waals surface area contributed by atoms with Gasteiger partial charge in [-0.1, -0.05) is 47.4 Å². The van der Waals surface area contributed by atoms with E-state index in [1.165, 1.54) is 21.9 Å². The van der Waals surface area contributed by atoms with E-state index in [9.17, 15) is 22.9 Å². The summed E-state index contributed by atoms with van der Waals surface area (Å²) >= 11 is 3.12. The smallest absolute Gasteiger partial charge is 0.331 e. The molecule has 0 amide bonds. The molecule has 0 radical (unpaired) electrons. The zero-order valence-electron chi connectivity index (χ0n) is 18.0. The Kier molecular flexibility index (Phi) is 6.62. The SMILES string of the molecule is CCN1C(=CC(C)=Cc2sc3ccccc3[n+]2CC(C(=O)O)S(=O)(=O)O)Sc2ccccc21. The van der Waals surface area contributed by atoms with Crippen LogP contribution in [0.5, 0.6) is 0 Å². The number of rotatable bonds is 7. The number of carboxylic acids is 1. The molecule has 10 heteroatoms. The van der Waals surface area contributed by atoms with Crippen molar-refractivity contribution in [2.24, 2.45) is 0 Å². The number of allylic oxidation sites excluding steroid dienone is 2. The molecule has 2 N–H and O–H groups in total. The van der Waals surface area contributed by atoms with Gasteiger partial charge in [0.15, 0.2) is 6.54 Å². The third-order valence-electron chi connectivity index (χ3n) is 5.28. The molecule has 0 bridgehead atoms. The Morgan fingerprint density at radius 1 is 1.18 bits per heavy atom. The van der Waals surface area contributed by atoms with Crippen LogP contribution in [0.2, 0.25) is 0 Å². The van der Waals surface area contributed by atoms with Gasteiger partial charge in [0.05, 0.1) is 10.7 Å². The van der Waals surface area contributed by atoms with Crippen LogP contribution in [0.15, 0.2) is 70.1 Å². The van der Waals surface area contributed by atoms with Gasteiger partial charge in [0.1, 0.15) is 4.70 Å². The number of carbonyl (C=O) groups is 1. The van der Waals surface area contributed by atoms with Crippen molar-refractivity contribution in [3.63, 3.8) is 0 Å². The van der Waals surface area contributed by atoms with Gasteiger partial charge < -0.3 is 10.0 Å². The van der Waals surface area contributed by atoms with Gasteiger partial charge >= 0.3 is 5.97 Å². The molecule has 0 aliphatic carbocycles. The molecule has 0 saturated carbocycles. The van der Waals surface area contributed by atoms with Crippen LogP contribution in [0.25, 0.3) is 16.3 Å². The number of fused-ring (bicyclic) bond motifs is 2. The Hall–Kier alpha value is -2.66. The third kappa shape index (κ3) is 4.84. The Bertz CT molecular complexity index is 1390. The van der Waals surface area contributed by atoms with Gasteiger partial charge in [0.25, 0.3) is 15.1 Å². The molecule has 1 aliphatic rings. The maximum absolute atomic E-state index is 11.7. The minimum atomic E-state index is -4.77. The topological polar surface area (TPSA) is 98.8 Å². The van der Waals surface area contributed by atoms with E-state index in [1.54, 1.807) is 16.3 Å². The van der Waals surface area contributed by atoms with Gasteiger partial charge in [0.2, 0.25) is 10.8 Å². The minimum absolute atomic E-state index is 0.394. The second kappa shape index (κ2) is 9.30. The number of thioether (sulfide) groups is 1. The summed E-state index contributed by atoms with van der Waals surface area (Å²) in [7, 11) is -4.77. The molecule has 7 nitrogen and oxygen atoms in total. The molecular formula is C23H23N2O5S3+. The first-order valence-electron chi connectivity index (χ1n) is 10.2. The van der Waals surface area contributed by atoms with E-state index in [2.05, 4.69) is 30.0 Å². The van der Waals surface area contributed by atoms with Crippen molar-refractivity contribution in [1.29, 1.82) is 0 Å². The Morgan fingerprint density at radius 2 is 1.88 bits per heavy atom. The number of para-hydroxylation sites is 2. The fraction of sp³-hybridized carbons (Fsp3) is 0.217. The van der Waals surface area contributed by atoms with Gasteiger partial charge in [-0.05, 0) is 43.7 Å². The molecule has 2 aromatic carbocycles. The largest absolute Gasteiger partial charge is 0.480 e. The van der Waals surface area contributed by atoms with Gasteiger partial charge in [-0.15, -0.1) is 0 Å². The van der Waals surface area contributed by atoms with Crippen molar-refractivity contribution in [3.8, 4) is 0 Å². The van der Waals surface area contributed by atoms with Gasteiger partial charge in [-0.2, -0.15) is 13.0 Å². The summed E-state index contributed by atoms with van der Waals surface area (Å²) in [6.45, 7) is 4.48. The molecule has 1 unspecified atom stereocenters. The summed E-state index contributed by atoms with van der Waals surface area (Å²) in [6.07, 6.45) is 3.98. The van der Waals surface area contributed by atoms with Crippen molar-refractivity contribution >= 4 is 61.2 Å². The molecule has 1 atom stereocenters. The molecule has 1 aliphatic heterocycles. The van der Waals surface area contributed by atoms with E-state index < -0.39 is 27.9 Å². The first kappa shape index (κ1) is 23.5. The lowest BCUT2D eigenvalue weighted by Gasteiger charge is -2.17.